The summed E-state index contributed by atoms with van der Waals surface area (Å²) in [5.41, 5.74) is 0. The van der Waals surface area contributed by atoms with Crippen molar-refractivity contribution in [1.29, 1.82) is 0 Å². The normalized spacial score (nSPS) is 10.2. The van der Waals surface area contributed by atoms with Crippen molar-refractivity contribution in [2.45, 2.75) is 9.79 Å². The Hall–Kier alpha value is -1.26. The molecular weight excluding hydrogens is 240 g/mol. The minimum Gasteiger partial charge on any atom is -0.504 e. The largest absolute Gasteiger partial charge is 0.504 e. The first-order valence-electron chi connectivity index (χ1n) is 4.68. The summed E-state index contributed by atoms with van der Waals surface area (Å²) in [6.07, 6.45) is 0. The van der Waals surface area contributed by atoms with Crippen LogP contribution in [-0.4, -0.2) is 10.2 Å². The van der Waals surface area contributed by atoms with Crippen molar-refractivity contribution >= 4 is 21.6 Å². The van der Waals surface area contributed by atoms with E-state index in [1.807, 2.05) is 30.3 Å². The molecule has 0 aliphatic rings. The highest BCUT2D eigenvalue weighted by Crippen LogP contribution is 2.44. The van der Waals surface area contributed by atoms with Crippen molar-refractivity contribution in [2.24, 2.45) is 0 Å². The number of para-hydroxylation sites is 1. The average Bonchev–Trinajstić information content (AvgIpc) is 2.32. The van der Waals surface area contributed by atoms with E-state index < -0.39 is 0 Å². The Balaban J connectivity index is 2.08. The molecular formula is C12H10O2S2. The van der Waals surface area contributed by atoms with Gasteiger partial charge in [0.05, 0.1) is 4.90 Å². The third kappa shape index (κ3) is 2.65. The third-order valence-electron chi connectivity index (χ3n) is 1.95. The molecule has 0 fully saturated rings. The fraction of sp³-hybridized carbons (Fsp3) is 0. The van der Waals surface area contributed by atoms with E-state index in [0.29, 0.717) is 4.90 Å². The SMILES string of the molecule is Oc1cccc(SSc2ccccc2)c1O. The van der Waals surface area contributed by atoms with E-state index in [4.69, 9.17) is 0 Å². The van der Waals surface area contributed by atoms with Gasteiger partial charge in [-0.15, -0.1) is 0 Å². The number of benzene rings is 2. The van der Waals surface area contributed by atoms with E-state index in [9.17, 15) is 10.2 Å². The van der Waals surface area contributed by atoms with E-state index in [1.165, 1.54) is 16.9 Å². The second-order valence-corrected chi connectivity index (χ2v) is 5.35. The zero-order valence-electron chi connectivity index (χ0n) is 8.33. The van der Waals surface area contributed by atoms with Crippen LogP contribution >= 0.6 is 21.6 Å². The fourth-order valence-corrected chi connectivity index (χ4v) is 3.21. The Morgan fingerprint density at radius 2 is 1.50 bits per heavy atom. The lowest BCUT2D eigenvalue weighted by molar-refractivity contribution is 0.395. The van der Waals surface area contributed by atoms with Gasteiger partial charge in [0.1, 0.15) is 0 Å². The molecule has 0 aliphatic carbocycles. The molecule has 0 unspecified atom stereocenters. The van der Waals surface area contributed by atoms with Gasteiger partial charge in [-0.25, -0.2) is 0 Å². The van der Waals surface area contributed by atoms with Gasteiger partial charge in [0.15, 0.2) is 11.5 Å². The number of phenolic OH excluding ortho intramolecular Hbond substituents is 2. The van der Waals surface area contributed by atoms with Gasteiger partial charge >= 0.3 is 0 Å². The molecule has 0 spiro atoms. The maximum atomic E-state index is 9.59. The number of hydrogen-bond donors (Lipinski definition) is 2. The lowest BCUT2D eigenvalue weighted by Crippen LogP contribution is -1.73. The van der Waals surface area contributed by atoms with Crippen molar-refractivity contribution < 1.29 is 10.2 Å². The molecule has 0 heterocycles. The second kappa shape index (κ2) is 5.18. The molecule has 0 atom stereocenters. The Labute approximate surface area is 102 Å². The number of aromatic hydroxyl groups is 2. The summed E-state index contributed by atoms with van der Waals surface area (Å²) in [6, 6.07) is 14.8. The van der Waals surface area contributed by atoms with Crippen LogP contribution in [0, 0.1) is 0 Å². The molecule has 2 rings (SSSR count). The summed E-state index contributed by atoms with van der Waals surface area (Å²) in [4.78, 5) is 1.77. The Morgan fingerprint density at radius 3 is 2.25 bits per heavy atom. The van der Waals surface area contributed by atoms with Crippen LogP contribution in [0.5, 0.6) is 11.5 Å². The van der Waals surface area contributed by atoms with E-state index in [2.05, 4.69) is 0 Å². The summed E-state index contributed by atoms with van der Waals surface area (Å²) in [6.45, 7) is 0. The smallest absolute Gasteiger partial charge is 0.172 e. The first-order chi connectivity index (χ1) is 7.77. The minimum atomic E-state index is -0.0846. The van der Waals surface area contributed by atoms with Gasteiger partial charge in [0.2, 0.25) is 0 Å². The average molecular weight is 250 g/mol. The fourth-order valence-electron chi connectivity index (χ4n) is 1.15. The van der Waals surface area contributed by atoms with Crippen LogP contribution in [0.3, 0.4) is 0 Å². The quantitative estimate of drug-likeness (QED) is 0.640. The number of hydrogen-bond acceptors (Lipinski definition) is 4. The van der Waals surface area contributed by atoms with Crippen molar-refractivity contribution in [3.63, 3.8) is 0 Å². The van der Waals surface area contributed by atoms with E-state index >= 15 is 0 Å². The number of phenols is 2. The summed E-state index contributed by atoms with van der Waals surface area (Å²) >= 11 is 0. The van der Waals surface area contributed by atoms with Crippen LogP contribution < -0.4 is 0 Å². The van der Waals surface area contributed by atoms with Gasteiger partial charge in [0.25, 0.3) is 0 Å². The van der Waals surface area contributed by atoms with Crippen LogP contribution in [0.4, 0.5) is 0 Å². The highest BCUT2D eigenvalue weighted by Gasteiger charge is 2.06. The zero-order valence-corrected chi connectivity index (χ0v) is 9.96. The molecule has 0 saturated carbocycles. The van der Waals surface area contributed by atoms with Gasteiger partial charge < -0.3 is 10.2 Å². The summed E-state index contributed by atoms with van der Waals surface area (Å²) in [5.74, 6) is -0.144. The number of rotatable bonds is 3. The molecule has 2 aromatic carbocycles. The van der Waals surface area contributed by atoms with Crippen molar-refractivity contribution in [3.8, 4) is 11.5 Å². The Kier molecular flexibility index (Phi) is 3.64. The minimum absolute atomic E-state index is 0.0593. The molecule has 0 bridgehead atoms. The second-order valence-electron chi connectivity index (χ2n) is 3.10. The monoisotopic (exact) mass is 250 g/mol. The molecule has 0 saturated heterocycles. The maximum absolute atomic E-state index is 9.59. The van der Waals surface area contributed by atoms with Crippen molar-refractivity contribution in [2.75, 3.05) is 0 Å². The lowest BCUT2D eigenvalue weighted by atomic mass is 10.3. The highest BCUT2D eigenvalue weighted by molar-refractivity contribution is 8.76. The molecule has 16 heavy (non-hydrogen) atoms. The van der Waals surface area contributed by atoms with Crippen LogP contribution in [0.15, 0.2) is 58.3 Å². The zero-order chi connectivity index (χ0) is 11.4. The molecule has 0 aliphatic heterocycles. The molecule has 4 heteroatoms. The molecule has 0 aromatic heterocycles. The topological polar surface area (TPSA) is 40.5 Å². The van der Waals surface area contributed by atoms with Gasteiger partial charge in [-0.2, -0.15) is 0 Å². The van der Waals surface area contributed by atoms with Crippen molar-refractivity contribution in [3.05, 3.63) is 48.5 Å². The summed E-state index contributed by atoms with van der Waals surface area (Å²) < 4.78 is 0. The molecule has 0 radical (unpaired) electrons. The predicted molar refractivity (Wildman–Crippen MR) is 67.9 cm³/mol. The summed E-state index contributed by atoms with van der Waals surface area (Å²) in [5, 5.41) is 18.9. The molecule has 2 nitrogen and oxygen atoms in total. The third-order valence-corrected chi connectivity index (χ3v) is 4.37. The predicted octanol–water partition coefficient (Wildman–Crippen LogP) is 3.90. The summed E-state index contributed by atoms with van der Waals surface area (Å²) in [7, 11) is 2.96. The van der Waals surface area contributed by atoms with Crippen molar-refractivity contribution in [1.82, 2.24) is 0 Å². The van der Waals surface area contributed by atoms with Crippen LogP contribution in [-0.2, 0) is 0 Å². The standard InChI is InChI=1S/C12H10O2S2/c13-10-7-4-8-11(12(10)14)16-15-9-5-2-1-3-6-9/h1-8,13-14H. The maximum Gasteiger partial charge on any atom is 0.172 e. The molecule has 2 N–H and O–H groups in total. The van der Waals surface area contributed by atoms with Gasteiger partial charge in [0, 0.05) is 4.90 Å². The van der Waals surface area contributed by atoms with E-state index in [0.717, 1.165) is 4.90 Å². The molecule has 82 valence electrons. The molecule has 2 aromatic rings. The molecule has 0 amide bonds. The Bertz CT molecular complexity index is 472. The first kappa shape index (κ1) is 11.2. The van der Waals surface area contributed by atoms with Crippen LogP contribution in [0.25, 0.3) is 0 Å². The van der Waals surface area contributed by atoms with E-state index in [-0.39, 0.29) is 11.5 Å². The van der Waals surface area contributed by atoms with Crippen LogP contribution in [0.2, 0.25) is 0 Å². The van der Waals surface area contributed by atoms with Gasteiger partial charge in [-0.3, -0.25) is 0 Å². The Morgan fingerprint density at radius 1 is 0.750 bits per heavy atom. The first-order valence-corrected chi connectivity index (χ1v) is 6.83. The highest BCUT2D eigenvalue weighted by atomic mass is 33.1. The lowest BCUT2D eigenvalue weighted by Gasteiger charge is -2.04. The van der Waals surface area contributed by atoms with E-state index in [1.54, 1.807) is 22.9 Å². The van der Waals surface area contributed by atoms with Crippen LogP contribution in [0.1, 0.15) is 0 Å². The van der Waals surface area contributed by atoms with Gasteiger partial charge in [-0.1, -0.05) is 35.1 Å². The van der Waals surface area contributed by atoms with Gasteiger partial charge in [-0.05, 0) is 35.1 Å².